The topological polar surface area (TPSA) is 57.6 Å². The van der Waals surface area contributed by atoms with Crippen molar-refractivity contribution in [1.82, 2.24) is 4.90 Å². The van der Waals surface area contributed by atoms with Crippen molar-refractivity contribution in [2.45, 2.75) is 44.9 Å². The normalized spacial score (nSPS) is 24.7. The van der Waals surface area contributed by atoms with E-state index in [0.717, 1.165) is 6.42 Å². The molecule has 2 fully saturated rings. The van der Waals surface area contributed by atoms with Gasteiger partial charge in [0.15, 0.2) is 0 Å². The van der Waals surface area contributed by atoms with E-state index in [-0.39, 0.29) is 17.7 Å². The van der Waals surface area contributed by atoms with Crippen LogP contribution in [-0.2, 0) is 9.59 Å². The van der Waals surface area contributed by atoms with Gasteiger partial charge in [0.1, 0.15) is 0 Å². The van der Waals surface area contributed by atoms with E-state index in [9.17, 15) is 9.59 Å². The van der Waals surface area contributed by atoms with E-state index in [1.165, 1.54) is 11.1 Å². The second-order valence-corrected chi connectivity index (χ2v) is 7.21. The Morgan fingerprint density at radius 1 is 1.13 bits per heavy atom. The van der Waals surface area contributed by atoms with Gasteiger partial charge in [-0.2, -0.15) is 0 Å². The summed E-state index contributed by atoms with van der Waals surface area (Å²) >= 11 is 0. The molecule has 1 aliphatic carbocycles. The summed E-state index contributed by atoms with van der Waals surface area (Å²) in [6, 6.07) is 8.64. The fraction of sp³-hybridized carbons (Fsp3) is 0.579. The number of carboxylic acid groups (broad SMARTS) is 1. The lowest BCUT2D eigenvalue weighted by Crippen LogP contribution is -2.41. The average molecular weight is 315 g/mol. The van der Waals surface area contributed by atoms with Gasteiger partial charge in [-0.3, -0.25) is 9.59 Å². The maximum Gasteiger partial charge on any atom is 0.306 e. The first-order valence-electron chi connectivity index (χ1n) is 8.59. The molecule has 1 saturated carbocycles. The van der Waals surface area contributed by atoms with Gasteiger partial charge in [-0.15, -0.1) is 0 Å². The number of hydrogen-bond acceptors (Lipinski definition) is 2. The number of likely N-dealkylation sites (tertiary alicyclic amines) is 1. The summed E-state index contributed by atoms with van der Waals surface area (Å²) in [7, 11) is 0. The molecule has 2 atom stereocenters. The first-order valence-corrected chi connectivity index (χ1v) is 8.59. The van der Waals surface area contributed by atoms with Crippen LogP contribution in [0.1, 0.15) is 56.1 Å². The van der Waals surface area contributed by atoms with E-state index in [2.05, 4.69) is 38.1 Å². The second-order valence-electron chi connectivity index (χ2n) is 7.21. The van der Waals surface area contributed by atoms with E-state index >= 15 is 0 Å². The van der Waals surface area contributed by atoms with Crippen molar-refractivity contribution >= 4 is 11.9 Å². The van der Waals surface area contributed by atoms with Crippen LogP contribution in [0.4, 0.5) is 0 Å². The number of nitrogens with zero attached hydrogens (tertiary/aromatic N) is 1. The van der Waals surface area contributed by atoms with E-state index in [4.69, 9.17) is 5.11 Å². The van der Waals surface area contributed by atoms with E-state index in [1.54, 1.807) is 0 Å². The number of carbonyl (C=O) groups is 2. The van der Waals surface area contributed by atoms with Crippen LogP contribution in [0, 0.1) is 11.8 Å². The largest absolute Gasteiger partial charge is 0.481 e. The molecular formula is C19H25NO3. The quantitative estimate of drug-likeness (QED) is 0.928. The molecule has 124 valence electrons. The monoisotopic (exact) mass is 315 g/mol. The van der Waals surface area contributed by atoms with Crippen LogP contribution in [-0.4, -0.2) is 35.0 Å². The van der Waals surface area contributed by atoms with E-state index in [1.807, 2.05) is 4.90 Å². The summed E-state index contributed by atoms with van der Waals surface area (Å²) in [5.74, 6) is 0.175. The molecule has 1 aromatic rings. The number of aliphatic carboxylic acids is 1. The van der Waals surface area contributed by atoms with Crippen molar-refractivity contribution < 1.29 is 14.7 Å². The van der Waals surface area contributed by atoms with Gasteiger partial charge < -0.3 is 10.0 Å². The Kier molecular flexibility index (Phi) is 4.42. The lowest BCUT2D eigenvalue weighted by molar-refractivity contribution is -0.146. The Hall–Kier alpha value is -1.84. The molecule has 1 saturated heterocycles. The van der Waals surface area contributed by atoms with Gasteiger partial charge in [-0.25, -0.2) is 0 Å². The minimum atomic E-state index is -0.730. The van der Waals surface area contributed by atoms with Gasteiger partial charge in [0.05, 0.1) is 5.92 Å². The standard InChI is InChI=1S/C19H25NO3/c1-12(2)13-3-5-14(6-4-13)16-11-17(16)18(21)20-9-7-15(8-10-20)19(22)23/h3-6,12,15-17H,7-11H2,1-2H3,(H,22,23)/t16-,17+/m1/s1. The van der Waals surface area contributed by atoms with Crippen LogP contribution < -0.4 is 0 Å². The molecule has 3 rings (SSSR count). The zero-order valence-corrected chi connectivity index (χ0v) is 13.9. The average Bonchev–Trinajstić information content (AvgIpc) is 3.35. The molecule has 0 aromatic heterocycles. The third-order valence-electron chi connectivity index (χ3n) is 5.29. The zero-order valence-electron chi connectivity index (χ0n) is 13.9. The minimum Gasteiger partial charge on any atom is -0.481 e. The van der Waals surface area contributed by atoms with Crippen LogP contribution in [0.25, 0.3) is 0 Å². The summed E-state index contributed by atoms with van der Waals surface area (Å²) in [5, 5.41) is 9.03. The highest BCUT2D eigenvalue weighted by molar-refractivity contribution is 5.83. The summed E-state index contributed by atoms with van der Waals surface area (Å²) in [6.45, 7) is 5.54. The fourth-order valence-electron chi connectivity index (χ4n) is 3.55. The van der Waals surface area contributed by atoms with Gasteiger partial charge in [0, 0.05) is 19.0 Å². The SMILES string of the molecule is CC(C)c1ccc([C@H]2C[C@@H]2C(=O)N2CCC(C(=O)O)CC2)cc1. The molecule has 1 aliphatic heterocycles. The van der Waals surface area contributed by atoms with Crippen molar-refractivity contribution in [2.75, 3.05) is 13.1 Å². The number of benzene rings is 1. The van der Waals surface area contributed by atoms with Crippen molar-refractivity contribution in [3.63, 3.8) is 0 Å². The molecule has 0 unspecified atom stereocenters. The smallest absolute Gasteiger partial charge is 0.306 e. The van der Waals surface area contributed by atoms with Crippen LogP contribution in [0.5, 0.6) is 0 Å². The minimum absolute atomic E-state index is 0.0984. The van der Waals surface area contributed by atoms with Gasteiger partial charge >= 0.3 is 5.97 Å². The predicted octanol–water partition coefficient (Wildman–Crippen LogP) is 3.24. The van der Waals surface area contributed by atoms with E-state index < -0.39 is 5.97 Å². The highest BCUT2D eigenvalue weighted by Gasteiger charge is 2.46. The molecule has 1 heterocycles. The molecule has 2 aliphatic rings. The Morgan fingerprint density at radius 2 is 1.74 bits per heavy atom. The van der Waals surface area contributed by atoms with Crippen LogP contribution in [0.15, 0.2) is 24.3 Å². The first kappa shape index (κ1) is 16.0. The Labute approximate surface area is 137 Å². The molecule has 0 bridgehead atoms. The van der Waals surface area contributed by atoms with Crippen LogP contribution in [0.2, 0.25) is 0 Å². The van der Waals surface area contributed by atoms with Crippen molar-refractivity contribution in [2.24, 2.45) is 11.8 Å². The molecule has 4 heteroatoms. The molecule has 4 nitrogen and oxygen atoms in total. The van der Waals surface area contributed by atoms with Crippen molar-refractivity contribution in [3.05, 3.63) is 35.4 Å². The molecule has 1 amide bonds. The summed E-state index contributed by atoms with van der Waals surface area (Å²) in [5.41, 5.74) is 2.58. The zero-order chi connectivity index (χ0) is 16.6. The molecule has 0 radical (unpaired) electrons. The number of rotatable bonds is 4. The summed E-state index contributed by atoms with van der Waals surface area (Å²) < 4.78 is 0. The van der Waals surface area contributed by atoms with Gasteiger partial charge in [0.25, 0.3) is 0 Å². The van der Waals surface area contributed by atoms with Crippen molar-refractivity contribution in [3.8, 4) is 0 Å². The highest BCUT2D eigenvalue weighted by Crippen LogP contribution is 2.48. The first-order chi connectivity index (χ1) is 11.0. The predicted molar refractivity (Wildman–Crippen MR) is 88.3 cm³/mol. The van der Waals surface area contributed by atoms with Crippen LogP contribution >= 0.6 is 0 Å². The Morgan fingerprint density at radius 3 is 2.26 bits per heavy atom. The number of hydrogen-bond donors (Lipinski definition) is 1. The Bertz CT molecular complexity index is 585. The Balaban J connectivity index is 1.56. The van der Waals surface area contributed by atoms with Gasteiger partial charge in [-0.1, -0.05) is 38.1 Å². The maximum absolute atomic E-state index is 12.6. The van der Waals surface area contributed by atoms with Crippen LogP contribution in [0.3, 0.4) is 0 Å². The third kappa shape index (κ3) is 3.41. The maximum atomic E-state index is 12.6. The molecule has 0 spiro atoms. The van der Waals surface area contributed by atoms with Crippen molar-refractivity contribution in [1.29, 1.82) is 0 Å². The molecular weight excluding hydrogens is 290 g/mol. The lowest BCUT2D eigenvalue weighted by atomic mass is 9.96. The third-order valence-corrected chi connectivity index (χ3v) is 5.29. The fourth-order valence-corrected chi connectivity index (χ4v) is 3.55. The van der Waals surface area contributed by atoms with Gasteiger partial charge in [-0.05, 0) is 42.2 Å². The molecule has 1 N–H and O–H groups in total. The number of carboxylic acids is 1. The number of amides is 1. The molecule has 1 aromatic carbocycles. The summed E-state index contributed by atoms with van der Waals surface area (Å²) in [6.07, 6.45) is 2.10. The second kappa shape index (κ2) is 6.34. The van der Waals surface area contributed by atoms with E-state index in [0.29, 0.717) is 37.8 Å². The highest BCUT2D eigenvalue weighted by atomic mass is 16.4. The number of carbonyl (C=O) groups excluding carboxylic acids is 1. The number of piperidine rings is 1. The molecule has 23 heavy (non-hydrogen) atoms. The summed E-state index contributed by atoms with van der Waals surface area (Å²) in [4.78, 5) is 25.4. The lowest BCUT2D eigenvalue weighted by Gasteiger charge is -2.30. The van der Waals surface area contributed by atoms with Gasteiger partial charge in [0.2, 0.25) is 5.91 Å².